The summed E-state index contributed by atoms with van der Waals surface area (Å²) in [5.74, 6) is -2.55. The second-order valence-corrected chi connectivity index (χ2v) is 14.5. The first kappa shape index (κ1) is 27.8. The van der Waals surface area contributed by atoms with Crippen molar-refractivity contribution in [2.45, 2.75) is 92.6 Å². The molecule has 2 bridgehead atoms. The first-order chi connectivity index (χ1) is 18.0. The molecule has 4 aliphatic carbocycles. The van der Waals surface area contributed by atoms with E-state index < -0.39 is 44.9 Å². The van der Waals surface area contributed by atoms with Gasteiger partial charge in [0.1, 0.15) is 11.5 Å². The molecule has 3 fully saturated rings. The van der Waals surface area contributed by atoms with E-state index in [1.165, 1.54) is 7.11 Å². The Morgan fingerprint density at radius 3 is 2.33 bits per heavy atom. The van der Waals surface area contributed by atoms with Crippen LogP contribution in [0.2, 0.25) is 0 Å². The summed E-state index contributed by atoms with van der Waals surface area (Å²) in [4.78, 5) is 54.7. The van der Waals surface area contributed by atoms with Crippen LogP contribution in [0.15, 0.2) is 23.3 Å². The van der Waals surface area contributed by atoms with Crippen LogP contribution in [0.3, 0.4) is 0 Å². The highest BCUT2D eigenvalue weighted by Crippen LogP contribution is 2.73. The van der Waals surface area contributed by atoms with Crippen LogP contribution in [-0.2, 0) is 28.7 Å². The Morgan fingerprint density at radius 1 is 1.13 bits per heavy atom. The van der Waals surface area contributed by atoms with E-state index in [2.05, 4.69) is 27.7 Å². The van der Waals surface area contributed by atoms with Crippen molar-refractivity contribution in [2.75, 3.05) is 7.11 Å². The molecule has 0 N–H and O–H groups in total. The number of hydrogen-bond donors (Lipinski definition) is 0. The van der Waals surface area contributed by atoms with Crippen molar-refractivity contribution in [1.29, 1.82) is 5.26 Å². The molecular weight excluding hydrogens is 494 g/mol. The predicted molar refractivity (Wildman–Crippen MR) is 143 cm³/mol. The van der Waals surface area contributed by atoms with Gasteiger partial charge in [-0.1, -0.05) is 53.2 Å². The zero-order chi connectivity index (χ0) is 29.0. The van der Waals surface area contributed by atoms with Crippen LogP contribution in [0.5, 0.6) is 0 Å². The summed E-state index contributed by atoms with van der Waals surface area (Å²) in [6, 6.07) is 2.02. The Morgan fingerprint density at radius 2 is 1.77 bits per heavy atom. The van der Waals surface area contributed by atoms with Crippen molar-refractivity contribution >= 4 is 23.5 Å². The normalized spacial score (nSPS) is 44.7. The third kappa shape index (κ3) is 3.15. The number of nitrogens with zero attached hydrogens (tertiary/aromatic N) is 1. The van der Waals surface area contributed by atoms with Crippen molar-refractivity contribution in [1.82, 2.24) is 0 Å². The van der Waals surface area contributed by atoms with Crippen LogP contribution in [0.1, 0.15) is 87.0 Å². The topological polar surface area (TPSA) is 111 Å². The zero-order valence-electron chi connectivity index (χ0n) is 24.5. The number of allylic oxidation sites excluding steroid dienone is 3. The lowest BCUT2D eigenvalue weighted by Crippen LogP contribution is -2.66. The first-order valence-electron chi connectivity index (χ1n) is 14.3. The Kier molecular flexibility index (Phi) is 5.81. The Hall–Kier alpha value is -2.75. The number of ether oxygens (including phenoxy) is 2. The van der Waals surface area contributed by atoms with Crippen molar-refractivity contribution in [3.8, 4) is 6.07 Å². The van der Waals surface area contributed by atoms with Gasteiger partial charge in [-0.15, -0.1) is 0 Å². The summed E-state index contributed by atoms with van der Waals surface area (Å²) < 4.78 is 11.5. The average Bonchev–Trinajstić information content (AvgIpc) is 2.99. The number of ketones is 2. The van der Waals surface area contributed by atoms with Crippen molar-refractivity contribution in [2.24, 2.45) is 44.8 Å². The maximum atomic E-state index is 14.5. The van der Waals surface area contributed by atoms with Gasteiger partial charge in [-0.25, -0.2) is 0 Å². The van der Waals surface area contributed by atoms with E-state index in [0.29, 0.717) is 38.5 Å². The molecule has 0 aromatic rings. The van der Waals surface area contributed by atoms with E-state index >= 15 is 0 Å². The highest BCUT2D eigenvalue weighted by molar-refractivity contribution is 6.15. The lowest BCUT2D eigenvalue weighted by atomic mass is 9.38. The number of esters is 2. The molecule has 1 aliphatic heterocycles. The van der Waals surface area contributed by atoms with Crippen LogP contribution in [0.4, 0.5) is 0 Å². The van der Waals surface area contributed by atoms with Crippen molar-refractivity contribution in [3.63, 3.8) is 0 Å². The molecule has 210 valence electrons. The van der Waals surface area contributed by atoms with Crippen LogP contribution in [-0.4, -0.2) is 36.2 Å². The number of carbonyl (C=O) groups excluding carboxylic acids is 4. The number of Topliss-reactive ketones (excluding diaryl/α,β-unsaturated/α-hetero) is 1. The number of methoxy groups -OCH3 is 1. The number of hydrogen-bond acceptors (Lipinski definition) is 7. The Labute approximate surface area is 231 Å². The first-order valence-corrected chi connectivity index (χ1v) is 14.3. The van der Waals surface area contributed by atoms with Gasteiger partial charge in [0.2, 0.25) is 0 Å². The molecule has 39 heavy (non-hydrogen) atoms. The third-order valence-electron chi connectivity index (χ3n) is 11.6. The minimum absolute atomic E-state index is 0.0777. The fourth-order valence-corrected chi connectivity index (χ4v) is 9.81. The molecular formula is C32H41NO6. The minimum atomic E-state index is -1.54. The smallest absolute Gasteiger partial charge is 0.319 e. The molecule has 2 saturated carbocycles. The molecule has 1 spiro atoms. The maximum absolute atomic E-state index is 14.5. The number of fused-ring (bicyclic) bond motifs is 5. The van der Waals surface area contributed by atoms with Crippen LogP contribution in [0.25, 0.3) is 0 Å². The van der Waals surface area contributed by atoms with Gasteiger partial charge < -0.3 is 9.47 Å². The maximum Gasteiger partial charge on any atom is 0.319 e. The molecule has 0 radical (unpaired) electrons. The van der Waals surface area contributed by atoms with E-state index in [1.54, 1.807) is 19.1 Å². The van der Waals surface area contributed by atoms with E-state index in [0.717, 1.165) is 5.57 Å². The fraction of sp³-hybridized carbons (Fsp3) is 0.719. The van der Waals surface area contributed by atoms with Gasteiger partial charge in [0.15, 0.2) is 17.2 Å². The van der Waals surface area contributed by atoms with E-state index in [9.17, 15) is 24.4 Å². The molecule has 0 amide bonds. The van der Waals surface area contributed by atoms with E-state index in [1.807, 2.05) is 19.9 Å². The lowest BCUT2D eigenvalue weighted by Gasteiger charge is -2.63. The van der Waals surface area contributed by atoms with Gasteiger partial charge in [-0.2, -0.15) is 5.26 Å². The van der Waals surface area contributed by atoms with Crippen LogP contribution in [0, 0.1) is 56.2 Å². The summed E-state index contributed by atoms with van der Waals surface area (Å²) in [5, 5.41) is 9.93. The second kappa shape index (κ2) is 8.15. The minimum Gasteiger partial charge on any atom is -0.468 e. The summed E-state index contributed by atoms with van der Waals surface area (Å²) in [5.41, 5.74) is -4.20. The SMILES string of the molecule is CC[C@@]12CCC3[C@](OC1=O)(C(=O)C=C1[C@@]4(C)C=C(C#N)C(=O)[C@@](C)(C(=O)OC)C4CC[C@]13C)C2CC(C)(C)C. The predicted octanol–water partition coefficient (Wildman–Crippen LogP) is 5.28. The van der Waals surface area contributed by atoms with Crippen LogP contribution < -0.4 is 0 Å². The Balaban J connectivity index is 1.74. The molecule has 7 nitrogen and oxygen atoms in total. The second-order valence-electron chi connectivity index (χ2n) is 14.5. The zero-order valence-corrected chi connectivity index (χ0v) is 24.5. The third-order valence-corrected chi connectivity index (χ3v) is 11.6. The molecule has 7 heteroatoms. The summed E-state index contributed by atoms with van der Waals surface area (Å²) in [6.45, 7) is 14.1. The van der Waals surface area contributed by atoms with Gasteiger partial charge in [0, 0.05) is 17.3 Å². The number of nitriles is 1. The van der Waals surface area contributed by atoms with Crippen LogP contribution >= 0.6 is 0 Å². The van der Waals surface area contributed by atoms with E-state index in [4.69, 9.17) is 9.47 Å². The molecule has 0 aromatic heterocycles. The summed E-state index contributed by atoms with van der Waals surface area (Å²) in [7, 11) is 1.26. The largest absolute Gasteiger partial charge is 0.468 e. The van der Waals surface area contributed by atoms with Gasteiger partial charge in [0.05, 0.1) is 18.1 Å². The van der Waals surface area contributed by atoms with Crippen molar-refractivity contribution < 1.29 is 28.7 Å². The molecule has 1 heterocycles. The quantitative estimate of drug-likeness (QED) is 0.357. The standard InChI is InChI=1S/C32H41NO6/c1-9-31-13-11-20-28(5)12-10-19-29(6,15-18(17-33)24(35)30(19,7)25(36)38-8)21(28)14-23(34)32(20,39-26(31)37)22(31)16-27(2,3)4/h14-15,19-20,22H,9-13,16H2,1-8H3/t19?,20?,22?,28-,29-,30-,31-,32+/m0/s1. The summed E-state index contributed by atoms with van der Waals surface area (Å²) in [6.07, 6.45) is 7.21. The van der Waals surface area contributed by atoms with E-state index in [-0.39, 0.29) is 34.6 Å². The molecule has 0 aromatic carbocycles. The summed E-state index contributed by atoms with van der Waals surface area (Å²) >= 11 is 0. The number of rotatable bonds is 3. The van der Waals surface area contributed by atoms with Gasteiger partial charge in [-0.05, 0) is 68.3 Å². The molecule has 5 aliphatic rings. The van der Waals surface area contributed by atoms with Gasteiger partial charge in [0.25, 0.3) is 0 Å². The molecule has 1 saturated heterocycles. The highest BCUT2D eigenvalue weighted by Gasteiger charge is 2.77. The number of carbonyl (C=O) groups is 4. The molecule has 8 atom stereocenters. The fourth-order valence-electron chi connectivity index (χ4n) is 9.81. The Bertz CT molecular complexity index is 1300. The monoisotopic (exact) mass is 535 g/mol. The van der Waals surface area contributed by atoms with Gasteiger partial charge in [-0.3, -0.25) is 19.2 Å². The highest BCUT2D eigenvalue weighted by atomic mass is 16.6. The molecule has 3 unspecified atom stereocenters. The molecule has 5 rings (SSSR count). The average molecular weight is 536 g/mol. The van der Waals surface area contributed by atoms with Gasteiger partial charge >= 0.3 is 11.9 Å². The van der Waals surface area contributed by atoms with Crippen molar-refractivity contribution in [3.05, 3.63) is 23.3 Å². The lowest BCUT2D eigenvalue weighted by molar-refractivity contribution is -0.179.